The van der Waals surface area contributed by atoms with E-state index in [1.54, 1.807) is 18.2 Å². The van der Waals surface area contributed by atoms with Crippen molar-refractivity contribution >= 4 is 35.1 Å². The van der Waals surface area contributed by atoms with Gasteiger partial charge in [0.1, 0.15) is 5.75 Å². The lowest BCUT2D eigenvalue weighted by Gasteiger charge is -2.18. The molecular formula is C26H24N2O3. The van der Waals surface area contributed by atoms with Crippen LogP contribution >= 0.6 is 0 Å². The van der Waals surface area contributed by atoms with Gasteiger partial charge in [0, 0.05) is 29.1 Å². The summed E-state index contributed by atoms with van der Waals surface area (Å²) in [6.07, 6.45) is 4.52. The maximum absolute atomic E-state index is 10.8. The van der Waals surface area contributed by atoms with E-state index in [2.05, 4.69) is 0 Å². The second-order valence-corrected chi connectivity index (χ2v) is 7.01. The number of aromatic hydroxyl groups is 1. The third-order valence-electron chi connectivity index (χ3n) is 5.03. The maximum atomic E-state index is 10.8. The lowest BCUT2D eigenvalue weighted by atomic mass is 9.87. The molecule has 0 aliphatic carbocycles. The molecule has 0 atom stereocenters. The number of para-hydroxylation sites is 1. The minimum absolute atomic E-state index is 0.195. The van der Waals surface area contributed by atoms with E-state index in [0.29, 0.717) is 17.7 Å². The number of rotatable bonds is 7. The average molecular weight is 412 g/mol. The zero-order valence-electron chi connectivity index (χ0n) is 17.2. The summed E-state index contributed by atoms with van der Waals surface area (Å²) in [6.45, 7) is 2.03. The van der Waals surface area contributed by atoms with Gasteiger partial charge in [0.25, 0.3) is 0 Å². The van der Waals surface area contributed by atoms with Crippen LogP contribution in [0, 0.1) is 5.41 Å². The van der Waals surface area contributed by atoms with Crippen LogP contribution in [-0.2, 0) is 4.79 Å². The monoisotopic (exact) mass is 412 g/mol. The van der Waals surface area contributed by atoms with Crippen LogP contribution in [0.15, 0.2) is 72.8 Å². The minimum Gasteiger partial charge on any atom is -0.507 e. The number of anilines is 1. The number of phenols is 1. The summed E-state index contributed by atoms with van der Waals surface area (Å²) in [7, 11) is 0. The Morgan fingerprint density at radius 3 is 2.32 bits per heavy atom. The molecule has 31 heavy (non-hydrogen) atoms. The molecule has 0 spiro atoms. The number of nitrogens with two attached hydrogens (primary N) is 1. The summed E-state index contributed by atoms with van der Waals surface area (Å²) >= 11 is 0. The molecule has 0 saturated carbocycles. The fourth-order valence-corrected chi connectivity index (χ4v) is 3.53. The third-order valence-corrected chi connectivity index (χ3v) is 5.03. The zero-order chi connectivity index (χ0) is 22.4. The van der Waals surface area contributed by atoms with E-state index in [9.17, 15) is 9.90 Å². The van der Waals surface area contributed by atoms with Crippen LogP contribution in [0.1, 0.15) is 41.2 Å². The molecule has 5 nitrogen and oxygen atoms in total. The summed E-state index contributed by atoms with van der Waals surface area (Å²) in [4.78, 5) is 10.8. The Morgan fingerprint density at radius 2 is 1.71 bits per heavy atom. The number of hydrogen-bond acceptors (Lipinski definition) is 4. The molecule has 0 radical (unpaired) electrons. The van der Waals surface area contributed by atoms with Crippen molar-refractivity contribution < 1.29 is 15.0 Å². The van der Waals surface area contributed by atoms with Gasteiger partial charge in [0.05, 0.1) is 0 Å². The van der Waals surface area contributed by atoms with Gasteiger partial charge in [-0.3, -0.25) is 0 Å². The molecule has 0 aromatic heterocycles. The van der Waals surface area contributed by atoms with Crippen LogP contribution in [0.2, 0.25) is 0 Å². The summed E-state index contributed by atoms with van der Waals surface area (Å²) in [5.74, 6) is -0.806. The number of hydrogen-bond donors (Lipinski definition) is 4. The van der Waals surface area contributed by atoms with Crippen molar-refractivity contribution in [2.45, 2.75) is 13.3 Å². The first-order valence-corrected chi connectivity index (χ1v) is 9.88. The van der Waals surface area contributed by atoms with E-state index in [4.69, 9.17) is 16.2 Å². The van der Waals surface area contributed by atoms with Crippen molar-refractivity contribution in [3.63, 3.8) is 0 Å². The third kappa shape index (κ3) is 4.90. The molecule has 0 aliphatic rings. The standard InChI is InChI=1S/C26H24N2O3/c1-2-21(22-5-3-4-6-24(22)29)26(19-12-13-23(28)20(15-19)16-27)18-10-7-17(8-11-18)9-14-25(30)31/h3-16,27,29H,2,28H2,1H3,(H,30,31)/b14-9+,26-21+,27-16?. The molecule has 0 aliphatic heterocycles. The van der Waals surface area contributed by atoms with Crippen molar-refractivity contribution in [2.24, 2.45) is 0 Å². The van der Waals surface area contributed by atoms with Gasteiger partial charge in [-0.1, -0.05) is 55.5 Å². The summed E-state index contributed by atoms with van der Waals surface area (Å²) in [5, 5.41) is 27.0. The number of aliphatic carboxylic acids is 1. The summed E-state index contributed by atoms with van der Waals surface area (Å²) in [6, 6.07) is 20.3. The van der Waals surface area contributed by atoms with Crippen molar-refractivity contribution in [1.29, 1.82) is 5.41 Å². The second kappa shape index (κ2) is 9.59. The number of carboxylic acid groups (broad SMARTS) is 1. The Labute approximate surface area is 181 Å². The Hall–Kier alpha value is -4.12. The first kappa shape index (κ1) is 21.6. The van der Waals surface area contributed by atoms with Gasteiger partial charge in [0.15, 0.2) is 0 Å². The normalized spacial score (nSPS) is 11.9. The molecule has 5 N–H and O–H groups in total. The predicted octanol–water partition coefficient (Wildman–Crippen LogP) is 5.44. The highest BCUT2D eigenvalue weighted by Gasteiger charge is 2.16. The fourth-order valence-electron chi connectivity index (χ4n) is 3.53. The molecule has 0 fully saturated rings. The lowest BCUT2D eigenvalue weighted by Crippen LogP contribution is -1.99. The van der Waals surface area contributed by atoms with Crippen LogP contribution in [0.25, 0.3) is 17.2 Å². The number of benzene rings is 3. The van der Waals surface area contributed by atoms with Crippen LogP contribution in [0.4, 0.5) is 5.69 Å². The van der Waals surface area contributed by atoms with E-state index < -0.39 is 5.97 Å². The van der Waals surface area contributed by atoms with Crippen molar-refractivity contribution in [3.8, 4) is 5.75 Å². The molecule has 0 saturated heterocycles. The SMILES string of the molecule is CC/C(=C(/c1ccc(/C=C/C(=O)O)cc1)c1ccc(N)c(C=N)c1)c1ccccc1O. The maximum Gasteiger partial charge on any atom is 0.328 e. The highest BCUT2D eigenvalue weighted by molar-refractivity contribution is 6.01. The largest absolute Gasteiger partial charge is 0.507 e. The number of carboxylic acids is 1. The van der Waals surface area contributed by atoms with Crippen molar-refractivity contribution in [3.05, 3.63) is 101 Å². The Kier molecular flexibility index (Phi) is 6.67. The van der Waals surface area contributed by atoms with Crippen molar-refractivity contribution in [1.82, 2.24) is 0 Å². The fraction of sp³-hybridized carbons (Fsp3) is 0.0769. The summed E-state index contributed by atoms with van der Waals surface area (Å²) < 4.78 is 0. The highest BCUT2D eigenvalue weighted by Crippen LogP contribution is 2.38. The van der Waals surface area contributed by atoms with Crippen LogP contribution < -0.4 is 5.73 Å². The molecule has 0 unspecified atom stereocenters. The molecule has 3 aromatic carbocycles. The lowest BCUT2D eigenvalue weighted by molar-refractivity contribution is -0.131. The van der Waals surface area contributed by atoms with E-state index in [0.717, 1.165) is 39.5 Å². The first-order valence-electron chi connectivity index (χ1n) is 9.88. The van der Waals surface area contributed by atoms with Gasteiger partial charge in [-0.25, -0.2) is 4.79 Å². The minimum atomic E-state index is -1.00. The van der Waals surface area contributed by atoms with E-state index in [-0.39, 0.29) is 5.75 Å². The number of phenolic OH excluding ortho intramolecular Hbond substituents is 1. The van der Waals surface area contributed by atoms with Gasteiger partial charge < -0.3 is 21.4 Å². The van der Waals surface area contributed by atoms with Gasteiger partial charge in [-0.2, -0.15) is 0 Å². The summed E-state index contributed by atoms with van der Waals surface area (Å²) in [5.41, 5.74) is 12.3. The van der Waals surface area contributed by atoms with E-state index >= 15 is 0 Å². The van der Waals surface area contributed by atoms with Crippen LogP contribution in [0.5, 0.6) is 5.75 Å². The zero-order valence-corrected chi connectivity index (χ0v) is 17.2. The molecule has 5 heteroatoms. The molecule has 3 rings (SSSR count). The number of allylic oxidation sites excluding steroid dienone is 1. The average Bonchev–Trinajstić information content (AvgIpc) is 2.78. The molecular weight excluding hydrogens is 388 g/mol. The molecule has 0 bridgehead atoms. The molecule has 0 heterocycles. The molecule has 156 valence electrons. The van der Waals surface area contributed by atoms with Gasteiger partial charge in [-0.15, -0.1) is 0 Å². The quantitative estimate of drug-likeness (QED) is 0.179. The Balaban J connectivity index is 2.25. The van der Waals surface area contributed by atoms with E-state index in [1.807, 2.05) is 55.5 Å². The molecule has 3 aromatic rings. The van der Waals surface area contributed by atoms with Crippen LogP contribution in [-0.4, -0.2) is 22.4 Å². The van der Waals surface area contributed by atoms with E-state index in [1.165, 1.54) is 12.3 Å². The Bertz CT molecular complexity index is 1180. The predicted molar refractivity (Wildman–Crippen MR) is 126 cm³/mol. The van der Waals surface area contributed by atoms with Crippen molar-refractivity contribution in [2.75, 3.05) is 5.73 Å². The van der Waals surface area contributed by atoms with Gasteiger partial charge >= 0.3 is 5.97 Å². The number of nitrogen functional groups attached to an aromatic ring is 1. The Morgan fingerprint density at radius 1 is 1.03 bits per heavy atom. The number of carbonyl (C=O) groups is 1. The number of nitrogens with one attached hydrogen (secondary N) is 1. The highest BCUT2D eigenvalue weighted by atomic mass is 16.4. The topological polar surface area (TPSA) is 107 Å². The second-order valence-electron chi connectivity index (χ2n) is 7.01. The van der Waals surface area contributed by atoms with Gasteiger partial charge in [0.2, 0.25) is 0 Å². The first-order chi connectivity index (χ1) is 14.9. The molecule has 0 amide bonds. The van der Waals surface area contributed by atoms with Gasteiger partial charge in [-0.05, 0) is 58.5 Å². The smallest absolute Gasteiger partial charge is 0.328 e. The van der Waals surface area contributed by atoms with Crippen LogP contribution in [0.3, 0.4) is 0 Å².